The highest BCUT2D eigenvalue weighted by atomic mass is 16.6. The highest BCUT2D eigenvalue weighted by Crippen LogP contribution is 2.29. The first-order valence-electron chi connectivity index (χ1n) is 14.6. The number of hydrogen-bond acceptors (Lipinski definition) is 6. The SMILES string of the molecule is CCC(C)N(C(=O)C(Cc1ccc(O)cc1)NC(=O)OC(C)(C)C)C(C(=O)NC1CCCCC1)c1ccc(O)cc1. The van der Waals surface area contributed by atoms with Crippen LogP contribution in [0, 0.1) is 0 Å². The van der Waals surface area contributed by atoms with Gasteiger partial charge in [0.25, 0.3) is 0 Å². The van der Waals surface area contributed by atoms with Crippen molar-refractivity contribution < 1.29 is 29.3 Å². The van der Waals surface area contributed by atoms with Gasteiger partial charge < -0.3 is 30.5 Å². The maximum absolute atomic E-state index is 14.5. The van der Waals surface area contributed by atoms with Gasteiger partial charge in [-0.15, -0.1) is 0 Å². The molecule has 0 saturated heterocycles. The van der Waals surface area contributed by atoms with E-state index in [2.05, 4.69) is 10.6 Å². The second kappa shape index (κ2) is 14.2. The molecule has 0 heterocycles. The molecule has 1 fully saturated rings. The summed E-state index contributed by atoms with van der Waals surface area (Å²) in [6.07, 6.45) is 4.93. The monoisotopic (exact) mass is 567 g/mol. The Kier molecular flexibility index (Phi) is 11.0. The number of benzene rings is 2. The van der Waals surface area contributed by atoms with Crippen LogP contribution >= 0.6 is 0 Å². The third kappa shape index (κ3) is 9.40. The van der Waals surface area contributed by atoms with Crippen molar-refractivity contribution in [2.75, 3.05) is 0 Å². The molecule has 0 aromatic heterocycles. The van der Waals surface area contributed by atoms with E-state index in [0.717, 1.165) is 32.1 Å². The van der Waals surface area contributed by atoms with Gasteiger partial charge in [0.05, 0.1) is 0 Å². The Bertz CT molecular complexity index is 1150. The summed E-state index contributed by atoms with van der Waals surface area (Å²) in [5.74, 6) is -0.588. The average molecular weight is 568 g/mol. The largest absolute Gasteiger partial charge is 0.508 e. The van der Waals surface area contributed by atoms with Crippen molar-refractivity contribution in [2.45, 2.75) is 109 Å². The molecule has 2 aromatic carbocycles. The smallest absolute Gasteiger partial charge is 0.408 e. The fourth-order valence-corrected chi connectivity index (χ4v) is 5.12. The molecule has 3 atom stereocenters. The lowest BCUT2D eigenvalue weighted by Crippen LogP contribution is -2.56. The van der Waals surface area contributed by atoms with Crippen molar-refractivity contribution in [3.63, 3.8) is 0 Å². The summed E-state index contributed by atoms with van der Waals surface area (Å²) >= 11 is 0. The van der Waals surface area contributed by atoms with Crippen molar-refractivity contribution >= 4 is 17.9 Å². The highest BCUT2D eigenvalue weighted by molar-refractivity contribution is 5.92. The molecule has 4 N–H and O–H groups in total. The Balaban J connectivity index is 2.03. The lowest BCUT2D eigenvalue weighted by atomic mass is 9.94. The number of alkyl carbamates (subject to hydrolysis) is 1. The zero-order valence-corrected chi connectivity index (χ0v) is 24.9. The van der Waals surface area contributed by atoms with Crippen molar-refractivity contribution in [3.05, 3.63) is 59.7 Å². The molecule has 0 spiro atoms. The molecule has 2 aromatic rings. The quantitative estimate of drug-likeness (QED) is 0.306. The number of nitrogens with zero attached hydrogens (tertiary/aromatic N) is 1. The second-order valence-corrected chi connectivity index (χ2v) is 11.9. The third-order valence-electron chi connectivity index (χ3n) is 7.37. The molecule has 3 amide bonds. The zero-order valence-electron chi connectivity index (χ0n) is 24.9. The topological polar surface area (TPSA) is 128 Å². The van der Waals surface area contributed by atoms with E-state index in [1.54, 1.807) is 49.9 Å². The lowest BCUT2D eigenvalue weighted by Gasteiger charge is -2.39. The van der Waals surface area contributed by atoms with Crippen molar-refractivity contribution in [2.24, 2.45) is 0 Å². The maximum Gasteiger partial charge on any atom is 0.408 e. The number of carbonyl (C=O) groups is 3. The zero-order chi connectivity index (χ0) is 30.2. The Morgan fingerprint density at radius 1 is 0.951 bits per heavy atom. The van der Waals surface area contributed by atoms with Gasteiger partial charge in [-0.2, -0.15) is 0 Å². The molecule has 0 radical (unpaired) electrons. The van der Waals surface area contributed by atoms with Crippen LogP contribution in [0.3, 0.4) is 0 Å². The Morgan fingerprint density at radius 3 is 2.05 bits per heavy atom. The summed E-state index contributed by atoms with van der Waals surface area (Å²) in [5, 5.41) is 25.6. The summed E-state index contributed by atoms with van der Waals surface area (Å²) in [4.78, 5) is 42.9. The number of nitrogens with one attached hydrogen (secondary N) is 2. The lowest BCUT2D eigenvalue weighted by molar-refractivity contribution is -0.145. The first kappa shape index (κ1) is 31.8. The van der Waals surface area contributed by atoms with Crippen LogP contribution in [-0.2, 0) is 20.7 Å². The van der Waals surface area contributed by atoms with Gasteiger partial charge >= 0.3 is 6.09 Å². The minimum atomic E-state index is -1.05. The molecule has 41 heavy (non-hydrogen) atoms. The van der Waals surface area contributed by atoms with Crippen LogP contribution in [0.1, 0.15) is 90.3 Å². The Labute approximate surface area is 243 Å². The third-order valence-corrected chi connectivity index (χ3v) is 7.37. The molecule has 9 nitrogen and oxygen atoms in total. The number of rotatable bonds is 10. The van der Waals surface area contributed by atoms with Gasteiger partial charge in [-0.3, -0.25) is 9.59 Å². The molecule has 224 valence electrons. The fraction of sp³-hybridized carbons (Fsp3) is 0.531. The Morgan fingerprint density at radius 2 is 1.51 bits per heavy atom. The molecule has 1 aliphatic carbocycles. The maximum atomic E-state index is 14.5. The van der Waals surface area contributed by atoms with E-state index < -0.39 is 29.7 Å². The predicted octanol–water partition coefficient (Wildman–Crippen LogP) is 5.35. The number of phenols is 2. The minimum Gasteiger partial charge on any atom is -0.508 e. The molecular formula is C32H45N3O6. The van der Waals surface area contributed by atoms with Gasteiger partial charge in [0.15, 0.2) is 0 Å². The van der Waals surface area contributed by atoms with Crippen LogP contribution in [-0.4, -0.2) is 56.7 Å². The Hall–Kier alpha value is -3.75. The normalized spacial score (nSPS) is 16.2. The van der Waals surface area contributed by atoms with Crippen LogP contribution in [0.25, 0.3) is 0 Å². The van der Waals surface area contributed by atoms with Crippen molar-refractivity contribution in [3.8, 4) is 11.5 Å². The van der Waals surface area contributed by atoms with Gasteiger partial charge in [0.2, 0.25) is 11.8 Å². The summed E-state index contributed by atoms with van der Waals surface area (Å²) in [7, 11) is 0. The van der Waals surface area contributed by atoms with E-state index in [4.69, 9.17) is 4.74 Å². The summed E-state index contributed by atoms with van der Waals surface area (Å²) < 4.78 is 5.48. The molecule has 0 aliphatic heterocycles. The van der Waals surface area contributed by atoms with Crippen LogP contribution in [0.2, 0.25) is 0 Å². The molecule has 0 bridgehead atoms. The van der Waals surface area contributed by atoms with E-state index in [9.17, 15) is 24.6 Å². The van der Waals surface area contributed by atoms with Gasteiger partial charge in [-0.05, 0) is 82.3 Å². The fourth-order valence-electron chi connectivity index (χ4n) is 5.12. The van der Waals surface area contributed by atoms with E-state index in [1.807, 2.05) is 13.8 Å². The van der Waals surface area contributed by atoms with E-state index >= 15 is 0 Å². The van der Waals surface area contributed by atoms with E-state index in [1.165, 1.54) is 24.3 Å². The number of aromatic hydroxyl groups is 2. The number of ether oxygens (including phenoxy) is 1. The standard InChI is InChI=1S/C32H45N3O6/c1-6-21(2)35(28(23-14-18-26(37)19-15-23)29(38)33-24-10-8-7-9-11-24)30(39)27(34-31(40)41-32(3,4)5)20-22-12-16-25(36)17-13-22/h12-19,21,24,27-28,36-37H,6-11,20H2,1-5H3,(H,33,38)(H,34,40). The van der Waals surface area contributed by atoms with Crippen molar-refractivity contribution in [1.29, 1.82) is 0 Å². The number of phenolic OH excluding ortho intramolecular Hbond substituents is 2. The summed E-state index contributed by atoms with van der Waals surface area (Å²) in [6, 6.07) is 10.4. The summed E-state index contributed by atoms with van der Waals surface area (Å²) in [5.41, 5.74) is 0.501. The molecule has 9 heteroatoms. The second-order valence-electron chi connectivity index (χ2n) is 11.9. The van der Waals surface area contributed by atoms with Gasteiger partial charge in [0, 0.05) is 18.5 Å². The van der Waals surface area contributed by atoms with Gasteiger partial charge in [0.1, 0.15) is 29.2 Å². The van der Waals surface area contributed by atoms with Crippen LogP contribution in [0.4, 0.5) is 4.79 Å². The molecule has 3 unspecified atom stereocenters. The molecule has 1 saturated carbocycles. The van der Waals surface area contributed by atoms with Gasteiger partial charge in [-0.1, -0.05) is 50.5 Å². The predicted molar refractivity (Wildman–Crippen MR) is 157 cm³/mol. The van der Waals surface area contributed by atoms with E-state index in [0.29, 0.717) is 17.5 Å². The van der Waals surface area contributed by atoms with E-state index in [-0.39, 0.29) is 35.9 Å². The highest BCUT2D eigenvalue weighted by Gasteiger charge is 2.39. The number of hydrogen-bond donors (Lipinski definition) is 4. The molecule has 1 aliphatic rings. The average Bonchev–Trinajstić information content (AvgIpc) is 2.92. The van der Waals surface area contributed by atoms with Crippen LogP contribution in [0.15, 0.2) is 48.5 Å². The first-order valence-corrected chi connectivity index (χ1v) is 14.6. The van der Waals surface area contributed by atoms with Crippen LogP contribution < -0.4 is 10.6 Å². The summed E-state index contributed by atoms with van der Waals surface area (Å²) in [6.45, 7) is 9.04. The number of amides is 3. The van der Waals surface area contributed by atoms with Crippen LogP contribution in [0.5, 0.6) is 11.5 Å². The molecule has 3 rings (SSSR count). The van der Waals surface area contributed by atoms with Crippen molar-refractivity contribution in [1.82, 2.24) is 15.5 Å². The minimum absolute atomic E-state index is 0.0254. The number of carbonyl (C=O) groups excluding carboxylic acids is 3. The molecular weight excluding hydrogens is 522 g/mol. The first-order chi connectivity index (χ1) is 19.4. The van der Waals surface area contributed by atoms with Gasteiger partial charge in [-0.25, -0.2) is 4.79 Å².